The molecule has 0 aliphatic carbocycles. The SMILES string of the molecule is c1ccc(-c2ccc(N(c3ccc4c(c3)sc3c5ccccc5ncc43)c3ccc4oc5ccccc5c4c3)cc2)cc1. The van der Waals surface area contributed by atoms with Crippen molar-refractivity contribution in [1.29, 1.82) is 0 Å². The molecule has 4 heteroatoms. The van der Waals surface area contributed by atoms with Gasteiger partial charge < -0.3 is 9.32 Å². The van der Waals surface area contributed by atoms with Crippen LogP contribution in [0.25, 0.3) is 64.1 Å². The fourth-order valence-corrected chi connectivity index (χ4v) is 7.46. The van der Waals surface area contributed by atoms with E-state index in [1.54, 1.807) is 0 Å². The van der Waals surface area contributed by atoms with Crippen molar-refractivity contribution in [2.24, 2.45) is 0 Å². The highest BCUT2D eigenvalue weighted by Gasteiger charge is 2.18. The molecular weight excluding hydrogens is 545 g/mol. The van der Waals surface area contributed by atoms with Crippen LogP contribution in [0.3, 0.4) is 0 Å². The maximum atomic E-state index is 6.17. The predicted molar refractivity (Wildman–Crippen MR) is 182 cm³/mol. The number of rotatable bonds is 4. The van der Waals surface area contributed by atoms with Gasteiger partial charge in [-0.05, 0) is 65.7 Å². The van der Waals surface area contributed by atoms with Crippen LogP contribution in [0.5, 0.6) is 0 Å². The molecule has 0 unspecified atom stereocenters. The number of hydrogen-bond acceptors (Lipinski definition) is 4. The zero-order chi connectivity index (χ0) is 28.3. The van der Waals surface area contributed by atoms with Crippen molar-refractivity contribution in [3.05, 3.63) is 146 Å². The van der Waals surface area contributed by atoms with Crippen LogP contribution in [0, 0.1) is 0 Å². The molecule has 0 radical (unpaired) electrons. The normalized spacial score (nSPS) is 11.7. The first-order valence-electron chi connectivity index (χ1n) is 14.4. The molecule has 0 saturated heterocycles. The molecule has 0 aliphatic rings. The number of thiophene rings is 1. The van der Waals surface area contributed by atoms with Crippen LogP contribution in [-0.4, -0.2) is 4.98 Å². The van der Waals surface area contributed by atoms with Crippen molar-refractivity contribution in [3.8, 4) is 11.1 Å². The number of pyridine rings is 1. The van der Waals surface area contributed by atoms with Gasteiger partial charge in [0, 0.05) is 59.6 Å². The Morgan fingerprint density at radius 2 is 1.16 bits per heavy atom. The lowest BCUT2D eigenvalue weighted by atomic mass is 10.0. The number of aromatic nitrogens is 1. The van der Waals surface area contributed by atoms with Crippen molar-refractivity contribution in [1.82, 2.24) is 4.98 Å². The Bertz CT molecular complexity index is 2460. The van der Waals surface area contributed by atoms with E-state index in [2.05, 4.69) is 126 Å². The first-order valence-corrected chi connectivity index (χ1v) is 15.2. The Balaban J connectivity index is 1.24. The second kappa shape index (κ2) is 9.55. The number of furan rings is 1. The first-order chi connectivity index (χ1) is 21.3. The van der Waals surface area contributed by atoms with Gasteiger partial charge in [0.1, 0.15) is 11.2 Å². The van der Waals surface area contributed by atoms with E-state index in [0.717, 1.165) is 44.5 Å². The van der Waals surface area contributed by atoms with Gasteiger partial charge in [-0.1, -0.05) is 84.9 Å². The van der Waals surface area contributed by atoms with Crippen molar-refractivity contribution in [2.45, 2.75) is 0 Å². The molecule has 0 amide bonds. The number of anilines is 3. The van der Waals surface area contributed by atoms with E-state index in [9.17, 15) is 0 Å². The van der Waals surface area contributed by atoms with Gasteiger partial charge in [-0.25, -0.2) is 0 Å². The highest BCUT2D eigenvalue weighted by Crippen LogP contribution is 2.43. The smallest absolute Gasteiger partial charge is 0.135 e. The molecule has 202 valence electrons. The largest absolute Gasteiger partial charge is 0.456 e. The van der Waals surface area contributed by atoms with Crippen LogP contribution in [0.4, 0.5) is 17.1 Å². The molecule has 9 rings (SSSR count). The average molecular weight is 569 g/mol. The predicted octanol–water partition coefficient (Wildman–Crippen LogP) is 11.6. The van der Waals surface area contributed by atoms with Crippen LogP contribution in [0.1, 0.15) is 0 Å². The molecule has 0 N–H and O–H groups in total. The zero-order valence-corrected chi connectivity index (χ0v) is 23.9. The minimum absolute atomic E-state index is 0.892. The molecule has 0 fully saturated rings. The van der Waals surface area contributed by atoms with E-state index in [1.165, 1.54) is 36.7 Å². The van der Waals surface area contributed by atoms with Gasteiger partial charge in [0.05, 0.1) is 5.52 Å². The topological polar surface area (TPSA) is 29.3 Å². The summed E-state index contributed by atoms with van der Waals surface area (Å²) in [6.07, 6.45) is 2.02. The second-order valence-electron chi connectivity index (χ2n) is 10.8. The Labute approximate surface area is 251 Å². The first kappa shape index (κ1) is 24.2. The molecule has 0 bridgehead atoms. The minimum Gasteiger partial charge on any atom is -0.456 e. The van der Waals surface area contributed by atoms with Crippen LogP contribution < -0.4 is 4.90 Å². The number of hydrogen-bond donors (Lipinski definition) is 0. The molecule has 6 aromatic carbocycles. The Kier molecular flexibility index (Phi) is 5.37. The van der Waals surface area contributed by atoms with E-state index < -0.39 is 0 Å². The number of benzene rings is 6. The number of nitrogens with zero attached hydrogens (tertiary/aromatic N) is 2. The molecule has 9 aromatic rings. The van der Waals surface area contributed by atoms with Gasteiger partial charge >= 0.3 is 0 Å². The molecule has 0 spiro atoms. The maximum absolute atomic E-state index is 6.17. The Morgan fingerprint density at radius 3 is 2.05 bits per heavy atom. The highest BCUT2D eigenvalue weighted by molar-refractivity contribution is 7.26. The summed E-state index contributed by atoms with van der Waals surface area (Å²) in [5.41, 5.74) is 8.51. The van der Waals surface area contributed by atoms with Gasteiger partial charge in [0.25, 0.3) is 0 Å². The summed E-state index contributed by atoms with van der Waals surface area (Å²) in [6, 6.07) is 49.3. The summed E-state index contributed by atoms with van der Waals surface area (Å²) in [5.74, 6) is 0. The van der Waals surface area contributed by atoms with Gasteiger partial charge in [-0.15, -0.1) is 11.3 Å². The summed E-state index contributed by atoms with van der Waals surface area (Å²) >= 11 is 1.84. The van der Waals surface area contributed by atoms with Gasteiger partial charge in [-0.2, -0.15) is 0 Å². The molecule has 3 aromatic heterocycles. The average Bonchev–Trinajstić information content (AvgIpc) is 3.64. The van der Waals surface area contributed by atoms with Gasteiger partial charge in [0.2, 0.25) is 0 Å². The lowest BCUT2D eigenvalue weighted by molar-refractivity contribution is 0.669. The Hall–Kier alpha value is -5.45. The third kappa shape index (κ3) is 3.92. The van der Waals surface area contributed by atoms with Crippen LogP contribution in [-0.2, 0) is 0 Å². The second-order valence-corrected chi connectivity index (χ2v) is 11.9. The monoisotopic (exact) mass is 568 g/mol. The lowest BCUT2D eigenvalue weighted by Crippen LogP contribution is -2.09. The molecule has 3 nitrogen and oxygen atoms in total. The molecule has 3 heterocycles. The maximum Gasteiger partial charge on any atom is 0.135 e. The molecular formula is C39H24N2OS. The van der Waals surface area contributed by atoms with Crippen molar-refractivity contribution in [3.63, 3.8) is 0 Å². The molecule has 0 aliphatic heterocycles. The summed E-state index contributed by atoms with van der Waals surface area (Å²) in [7, 11) is 0. The van der Waals surface area contributed by atoms with E-state index >= 15 is 0 Å². The van der Waals surface area contributed by atoms with Gasteiger partial charge in [0.15, 0.2) is 0 Å². The third-order valence-corrected chi connectivity index (χ3v) is 9.50. The highest BCUT2D eigenvalue weighted by atomic mass is 32.1. The molecule has 0 atom stereocenters. The summed E-state index contributed by atoms with van der Waals surface area (Å²) in [5, 5.41) is 5.87. The van der Waals surface area contributed by atoms with Crippen molar-refractivity contribution >= 4 is 81.4 Å². The third-order valence-electron chi connectivity index (χ3n) is 8.30. The number of fused-ring (bicyclic) bond motifs is 8. The minimum atomic E-state index is 0.892. The summed E-state index contributed by atoms with van der Waals surface area (Å²) in [4.78, 5) is 7.10. The van der Waals surface area contributed by atoms with Gasteiger partial charge in [-0.3, -0.25) is 4.98 Å². The summed E-state index contributed by atoms with van der Waals surface area (Å²) < 4.78 is 8.69. The van der Waals surface area contributed by atoms with Crippen LogP contribution in [0.15, 0.2) is 150 Å². The zero-order valence-electron chi connectivity index (χ0n) is 23.1. The standard InChI is InChI=1S/C39H24N2OS/c1-2-8-25(9-3-1)26-14-16-27(17-15-26)41(28-19-21-37-33(22-28)30-10-5-7-13-36(30)42-37)29-18-20-31-34-24-40-35-12-6-4-11-32(35)39(34)43-38(31)23-29/h1-24H. The molecule has 0 saturated carbocycles. The van der Waals surface area contributed by atoms with Crippen molar-refractivity contribution < 1.29 is 4.42 Å². The quantitative estimate of drug-likeness (QED) is 0.211. The van der Waals surface area contributed by atoms with Crippen molar-refractivity contribution in [2.75, 3.05) is 4.90 Å². The van der Waals surface area contributed by atoms with E-state index in [1.807, 2.05) is 35.7 Å². The summed E-state index contributed by atoms with van der Waals surface area (Å²) in [6.45, 7) is 0. The van der Waals surface area contributed by atoms with E-state index in [4.69, 9.17) is 9.40 Å². The van der Waals surface area contributed by atoms with E-state index in [0.29, 0.717) is 0 Å². The Morgan fingerprint density at radius 1 is 0.488 bits per heavy atom. The van der Waals surface area contributed by atoms with Crippen LogP contribution in [0.2, 0.25) is 0 Å². The van der Waals surface area contributed by atoms with E-state index in [-0.39, 0.29) is 0 Å². The number of para-hydroxylation sites is 2. The molecule has 43 heavy (non-hydrogen) atoms. The lowest BCUT2D eigenvalue weighted by Gasteiger charge is -2.26. The van der Waals surface area contributed by atoms with Crippen LogP contribution >= 0.6 is 11.3 Å². The fourth-order valence-electron chi connectivity index (χ4n) is 6.22. The fraction of sp³-hybridized carbons (Fsp3) is 0.